The number of aliphatic hydroxyl groups excluding tert-OH is 1. The Morgan fingerprint density at radius 1 is 0.529 bits per heavy atom. The van der Waals surface area contributed by atoms with Crippen LogP contribution in [0.4, 0.5) is 0 Å². The zero-order valence-electron chi connectivity index (χ0n) is 53.5. The number of primary amides is 1. The maximum atomic E-state index is 15.0. The summed E-state index contributed by atoms with van der Waals surface area (Å²) < 4.78 is 0. The monoisotopic (exact) mass is 1210 g/mol. The molecule has 19 nitrogen and oxygen atoms in total. The van der Waals surface area contributed by atoms with Crippen molar-refractivity contribution in [1.82, 2.24) is 16.0 Å². The number of ketones is 6. The van der Waals surface area contributed by atoms with E-state index in [1.54, 1.807) is 13.8 Å². The number of nitrogens with one attached hydrogen (secondary N) is 3. The minimum atomic E-state index is -1.18. The molecule has 0 radical (unpaired) electrons. The largest absolute Gasteiger partial charge is 0.396 e. The van der Waals surface area contributed by atoms with E-state index in [4.69, 9.17) is 28.7 Å². The first-order chi connectivity index (χ1) is 41.3. The molecule has 0 aliphatic heterocycles. The molecule has 0 saturated heterocycles. The van der Waals surface area contributed by atoms with Crippen LogP contribution in [0.5, 0.6) is 0 Å². The van der Waals surface area contributed by atoms with Gasteiger partial charge in [-0.15, -0.1) is 0 Å². The van der Waals surface area contributed by atoms with Gasteiger partial charge < -0.3 is 49.7 Å². The van der Waals surface area contributed by atoms with Crippen molar-refractivity contribution in [1.29, 1.82) is 0 Å². The molecule has 2 aromatic rings. The fourth-order valence-corrected chi connectivity index (χ4v) is 12.0. The zero-order valence-corrected chi connectivity index (χ0v) is 53.5. The molecule has 14 N–H and O–H groups in total. The van der Waals surface area contributed by atoms with E-state index in [1.165, 1.54) is 6.42 Å². The van der Waals surface area contributed by atoms with Gasteiger partial charge in [-0.05, 0) is 111 Å². The van der Waals surface area contributed by atoms with Crippen molar-refractivity contribution in [2.45, 2.75) is 202 Å². The second-order valence-electron chi connectivity index (χ2n) is 26.0. The number of carbonyl (C=O) groups excluding carboxylic acids is 10. The van der Waals surface area contributed by atoms with Crippen LogP contribution < -0.4 is 44.6 Å². The van der Waals surface area contributed by atoms with Gasteiger partial charge in [-0.25, -0.2) is 0 Å². The Kier molecular flexibility index (Phi) is 34.0. The summed E-state index contributed by atoms with van der Waals surface area (Å²) in [6, 6.07) is 13.4. The summed E-state index contributed by atoms with van der Waals surface area (Å²) in [5.41, 5.74) is 32.6. The highest BCUT2D eigenvalue weighted by atomic mass is 16.3. The summed E-state index contributed by atoms with van der Waals surface area (Å²) in [4.78, 5) is 140. The molecule has 0 heterocycles. The van der Waals surface area contributed by atoms with Crippen LogP contribution in [-0.4, -0.2) is 114 Å². The van der Waals surface area contributed by atoms with Gasteiger partial charge in [0.25, 0.3) is 0 Å². The Bertz CT molecular complexity index is 2520. The van der Waals surface area contributed by atoms with Crippen LogP contribution >= 0.6 is 0 Å². The Balaban J connectivity index is 1.93. The van der Waals surface area contributed by atoms with E-state index < -0.39 is 107 Å². The van der Waals surface area contributed by atoms with Crippen LogP contribution in [0, 0.1) is 65.1 Å². The molecule has 2 aromatic carbocycles. The first-order valence-electron chi connectivity index (χ1n) is 32.2. The second-order valence-corrected chi connectivity index (χ2v) is 26.0. The van der Waals surface area contributed by atoms with Crippen molar-refractivity contribution in [2.24, 2.45) is 93.8 Å². The molecule has 0 bridgehead atoms. The summed E-state index contributed by atoms with van der Waals surface area (Å²) in [5.74, 6) is -11.0. The molecule has 1 fully saturated rings. The minimum absolute atomic E-state index is 0.0197. The number of carbonyl (C=O) groups is 10. The molecule has 1 aliphatic carbocycles. The lowest BCUT2D eigenvalue weighted by atomic mass is 9.79. The summed E-state index contributed by atoms with van der Waals surface area (Å²) in [6.07, 6.45) is 5.80. The average molecular weight is 1210 g/mol. The number of Topliss-reactive ketones (excluding diaryl/α,β-unsaturated/α-hetero) is 6. The number of hydrogen-bond donors (Lipinski definition) is 9. The van der Waals surface area contributed by atoms with Gasteiger partial charge in [-0.3, -0.25) is 47.9 Å². The number of rotatable bonds is 44. The lowest BCUT2D eigenvalue weighted by Crippen LogP contribution is -2.50. The molecule has 1 aliphatic rings. The van der Waals surface area contributed by atoms with Gasteiger partial charge in [0, 0.05) is 68.1 Å². The van der Waals surface area contributed by atoms with Crippen LogP contribution in [0.25, 0.3) is 11.1 Å². The number of aliphatic hydroxyl groups is 1. The molecular weight excluding hydrogens is 1100 g/mol. The van der Waals surface area contributed by atoms with E-state index in [0.717, 1.165) is 36.8 Å². The molecule has 3 rings (SSSR count). The number of benzene rings is 2. The minimum Gasteiger partial charge on any atom is -0.396 e. The van der Waals surface area contributed by atoms with E-state index in [9.17, 15) is 53.1 Å². The third-order valence-corrected chi connectivity index (χ3v) is 17.6. The first kappa shape index (κ1) is 75.4. The van der Waals surface area contributed by atoms with Gasteiger partial charge in [0.2, 0.25) is 23.6 Å². The molecule has 3 unspecified atom stereocenters. The van der Waals surface area contributed by atoms with Crippen molar-refractivity contribution >= 4 is 58.3 Å². The second kappa shape index (κ2) is 39.2. The molecule has 4 amide bonds. The van der Waals surface area contributed by atoms with Crippen molar-refractivity contribution in [3.8, 4) is 11.1 Å². The van der Waals surface area contributed by atoms with Crippen molar-refractivity contribution in [3.05, 3.63) is 60.2 Å². The van der Waals surface area contributed by atoms with Gasteiger partial charge in [0.15, 0.2) is 17.3 Å². The van der Waals surface area contributed by atoms with Crippen molar-refractivity contribution in [3.63, 3.8) is 0 Å². The normalized spacial score (nSPS) is 16.7. The standard InChI is InChI=1S/C68H108N8O11/c1-9-44(8)64(76-67(86)50(25-28-70)35-60(80)55(72)32-45-16-12-10-13-17-45)63(83)36-51(26-29-71)66(85)74-57(33-46-20-22-48(23-21-46)47-18-14-11-15-19-47)61(81)37-52(30-41(2)3)58(78)34-49(24-27-69)59(79)39-54(43(6)7)68(87)75-56(31-42(4)5)62(82)38-53(40-77)65(73)84/h11,14-15,18-23,41-45,49-57,64,77H,9-10,12-13,16-17,24-40,69-72H2,1-8H3,(H2,73,84)(H,74,85)(H,75,87)(H,76,86)/t44?,49-,50-,51-,52-,53?,54-,55?,56+,57-,64+/m1/s1. The van der Waals surface area contributed by atoms with E-state index in [2.05, 4.69) is 16.0 Å². The van der Waals surface area contributed by atoms with Gasteiger partial charge in [0.1, 0.15) is 17.3 Å². The Labute approximate surface area is 518 Å². The number of nitrogens with two attached hydrogens (primary N) is 5. The SMILES string of the molecule is CCC(C)[C@H](NC(=O)[C@H](CCN)CC(=O)C(N)CC1CCCCC1)C(=O)C[C@@H](CCN)C(=O)N[C@H](Cc1ccc(-c2ccccc2)cc1)C(=O)C[C@@H](CC(C)C)C(=O)C[C@@H](CCN)C(=O)C[C@@H](C(=O)N[C@@H](CC(C)C)C(=O)CC(CO)C(N)=O)C(C)C. The van der Waals surface area contributed by atoms with Crippen LogP contribution in [-0.2, 0) is 54.4 Å². The maximum absolute atomic E-state index is 15.0. The van der Waals surface area contributed by atoms with Crippen LogP contribution in [0.1, 0.15) is 177 Å². The molecule has 486 valence electrons. The molecule has 1 saturated carbocycles. The number of amides is 4. The maximum Gasteiger partial charge on any atom is 0.224 e. The summed E-state index contributed by atoms with van der Waals surface area (Å²) in [6.45, 7) is 14.4. The topological polar surface area (TPSA) is 357 Å². The molecule has 0 aromatic heterocycles. The predicted molar refractivity (Wildman–Crippen MR) is 340 cm³/mol. The van der Waals surface area contributed by atoms with Crippen molar-refractivity contribution < 1.29 is 53.1 Å². The first-order valence-corrected chi connectivity index (χ1v) is 32.2. The van der Waals surface area contributed by atoms with Crippen LogP contribution in [0.2, 0.25) is 0 Å². The lowest BCUT2D eigenvalue weighted by Gasteiger charge is -2.28. The number of hydrogen-bond acceptors (Lipinski definition) is 15. The van der Waals surface area contributed by atoms with Crippen molar-refractivity contribution in [2.75, 3.05) is 26.2 Å². The van der Waals surface area contributed by atoms with E-state index in [0.29, 0.717) is 24.3 Å². The molecule has 87 heavy (non-hydrogen) atoms. The molecule has 19 heteroatoms. The highest BCUT2D eigenvalue weighted by molar-refractivity contribution is 5.98. The van der Waals surface area contributed by atoms with Gasteiger partial charge >= 0.3 is 0 Å². The highest BCUT2D eigenvalue weighted by Crippen LogP contribution is 2.30. The fourth-order valence-electron chi connectivity index (χ4n) is 12.0. The highest BCUT2D eigenvalue weighted by Gasteiger charge is 2.38. The Hall–Kier alpha value is -5.86. The third kappa shape index (κ3) is 26.0. The van der Waals surface area contributed by atoms with E-state index in [-0.39, 0.29) is 138 Å². The Morgan fingerprint density at radius 3 is 1.54 bits per heavy atom. The third-order valence-electron chi connectivity index (χ3n) is 17.6. The van der Waals surface area contributed by atoms with Gasteiger partial charge in [-0.2, -0.15) is 0 Å². The van der Waals surface area contributed by atoms with Crippen LogP contribution in [0.3, 0.4) is 0 Å². The Morgan fingerprint density at radius 2 is 1.01 bits per heavy atom. The predicted octanol–water partition coefficient (Wildman–Crippen LogP) is 6.42. The zero-order chi connectivity index (χ0) is 64.9. The van der Waals surface area contributed by atoms with E-state index >= 15 is 0 Å². The smallest absolute Gasteiger partial charge is 0.224 e. The molecular formula is C68H108N8O11. The molecule has 0 spiro atoms. The average Bonchev–Trinajstić information content (AvgIpc) is 3.34. The molecule has 11 atom stereocenters. The van der Waals surface area contributed by atoms with Crippen LogP contribution in [0.15, 0.2) is 54.6 Å². The fraction of sp³-hybridized carbons (Fsp3) is 0.676. The summed E-state index contributed by atoms with van der Waals surface area (Å²) in [5, 5.41) is 18.4. The van der Waals surface area contributed by atoms with E-state index in [1.807, 2.05) is 96.1 Å². The quantitative estimate of drug-likeness (QED) is 0.0346. The van der Waals surface area contributed by atoms with Gasteiger partial charge in [0.05, 0.1) is 36.7 Å². The van der Waals surface area contributed by atoms with Gasteiger partial charge in [-0.1, -0.05) is 149 Å². The lowest BCUT2D eigenvalue weighted by molar-refractivity contribution is -0.137. The summed E-state index contributed by atoms with van der Waals surface area (Å²) >= 11 is 0. The summed E-state index contributed by atoms with van der Waals surface area (Å²) in [7, 11) is 0.